The average Bonchev–Trinajstić information content (AvgIpc) is 1.99. The van der Waals surface area contributed by atoms with Crippen LogP contribution in [0.3, 0.4) is 0 Å². The molecule has 68 valence electrons. The minimum atomic E-state index is -0.650. The van der Waals surface area contributed by atoms with E-state index in [-0.39, 0.29) is 27.3 Å². The van der Waals surface area contributed by atoms with Crippen molar-refractivity contribution in [3.8, 4) is 0 Å². The van der Waals surface area contributed by atoms with Crippen LogP contribution in [0.1, 0.15) is 6.42 Å². The zero-order valence-electron chi connectivity index (χ0n) is 6.53. The number of aliphatic hydroxyl groups excluding tert-OH is 2. The molecule has 0 aromatic carbocycles. The summed E-state index contributed by atoms with van der Waals surface area (Å²) >= 11 is 0.139. The first-order chi connectivity index (χ1) is 5.25. The first-order valence-corrected chi connectivity index (χ1v) is 7.35. The molecule has 0 aliphatic carbocycles. The summed E-state index contributed by atoms with van der Waals surface area (Å²) < 4.78 is 6.26. The quantitative estimate of drug-likeness (QED) is 0.401. The zero-order valence-corrected chi connectivity index (χ0v) is 8.69. The van der Waals surface area contributed by atoms with Gasteiger partial charge in [-0.2, -0.15) is 0 Å². The number of hydrogen-bond acceptors (Lipinski definition) is 3. The van der Waals surface area contributed by atoms with E-state index in [9.17, 15) is 10.2 Å². The Bertz CT molecular complexity index is 118. The molecular formula is C7H14IO3-. The molecule has 0 radical (unpaired) electrons. The Morgan fingerprint density at radius 1 is 1.55 bits per heavy atom. The van der Waals surface area contributed by atoms with Gasteiger partial charge in [-0.05, 0) is 0 Å². The van der Waals surface area contributed by atoms with Crippen molar-refractivity contribution in [1.82, 2.24) is 0 Å². The molecule has 1 heterocycles. The van der Waals surface area contributed by atoms with Crippen LogP contribution in [0, 0.1) is 0 Å². The van der Waals surface area contributed by atoms with E-state index in [1.54, 1.807) is 0 Å². The summed E-state index contributed by atoms with van der Waals surface area (Å²) in [6.45, 7) is 0.590. The van der Waals surface area contributed by atoms with Gasteiger partial charge >= 0.3 is 76.9 Å². The second-order valence-electron chi connectivity index (χ2n) is 2.68. The van der Waals surface area contributed by atoms with Gasteiger partial charge in [-0.1, -0.05) is 0 Å². The van der Waals surface area contributed by atoms with Crippen LogP contribution in [-0.4, -0.2) is 44.5 Å². The second kappa shape index (κ2) is 4.59. The monoisotopic (exact) mass is 273 g/mol. The van der Waals surface area contributed by atoms with Gasteiger partial charge in [-0.3, -0.25) is 0 Å². The molecule has 1 saturated heterocycles. The molecule has 4 heteroatoms. The number of alkyl halides is 2. The standard InChI is InChI=1S/C7H14IO3/c1-8-4-6-7(10)5(9)2-3-11-6/h5-7,9-10H,2-4H2,1H3/q-1. The fourth-order valence-corrected chi connectivity index (χ4v) is 2.79. The van der Waals surface area contributed by atoms with Crippen LogP contribution >= 0.6 is 0 Å². The van der Waals surface area contributed by atoms with Gasteiger partial charge in [-0.15, -0.1) is 0 Å². The summed E-state index contributed by atoms with van der Waals surface area (Å²) in [5, 5.41) is 18.7. The summed E-state index contributed by atoms with van der Waals surface area (Å²) in [6, 6.07) is 0. The molecule has 11 heavy (non-hydrogen) atoms. The van der Waals surface area contributed by atoms with E-state index in [1.165, 1.54) is 0 Å². The van der Waals surface area contributed by atoms with Crippen molar-refractivity contribution in [1.29, 1.82) is 0 Å². The molecule has 2 N–H and O–H groups in total. The van der Waals surface area contributed by atoms with Crippen molar-refractivity contribution in [3.05, 3.63) is 0 Å². The predicted octanol–water partition coefficient (Wildman–Crippen LogP) is -3.78. The molecule has 0 aromatic heterocycles. The van der Waals surface area contributed by atoms with Gasteiger partial charge in [0.1, 0.15) is 0 Å². The molecule has 0 saturated carbocycles. The van der Waals surface area contributed by atoms with Gasteiger partial charge in [0.25, 0.3) is 0 Å². The third-order valence-electron chi connectivity index (χ3n) is 1.83. The number of rotatable bonds is 2. The predicted molar refractivity (Wildman–Crippen MR) is 37.2 cm³/mol. The van der Waals surface area contributed by atoms with Crippen LogP contribution in [0.25, 0.3) is 0 Å². The summed E-state index contributed by atoms with van der Waals surface area (Å²) in [7, 11) is 0. The Labute approximate surface area is 77.0 Å². The average molecular weight is 273 g/mol. The van der Waals surface area contributed by atoms with E-state index in [4.69, 9.17) is 4.74 Å². The van der Waals surface area contributed by atoms with Crippen molar-refractivity contribution < 1.29 is 36.2 Å². The SMILES string of the molecule is C[I-]CC1OCCC(O)C1O. The molecule has 0 spiro atoms. The molecule has 3 unspecified atom stereocenters. The van der Waals surface area contributed by atoms with Gasteiger partial charge in [0, 0.05) is 0 Å². The Hall–Kier alpha value is 0.610. The third-order valence-corrected chi connectivity index (χ3v) is 3.58. The molecule has 0 bridgehead atoms. The molecule has 1 aliphatic heterocycles. The van der Waals surface area contributed by atoms with E-state index < -0.39 is 12.2 Å². The van der Waals surface area contributed by atoms with Gasteiger partial charge in [-0.25, -0.2) is 0 Å². The molecular weight excluding hydrogens is 259 g/mol. The second-order valence-corrected chi connectivity index (χ2v) is 5.08. The minimum absolute atomic E-state index is 0.100. The van der Waals surface area contributed by atoms with E-state index in [1.807, 2.05) is 0 Å². The maximum atomic E-state index is 9.41. The maximum absolute atomic E-state index is 9.41. The third kappa shape index (κ3) is 2.54. The Kier molecular flexibility index (Phi) is 4.05. The number of halogens is 1. The van der Waals surface area contributed by atoms with Crippen molar-refractivity contribution in [3.63, 3.8) is 0 Å². The van der Waals surface area contributed by atoms with E-state index in [2.05, 4.69) is 4.93 Å². The fraction of sp³-hybridized carbons (Fsp3) is 1.00. The molecule has 0 aromatic rings. The van der Waals surface area contributed by atoms with E-state index in [0.29, 0.717) is 13.0 Å². The van der Waals surface area contributed by atoms with Crippen LogP contribution in [0.15, 0.2) is 0 Å². The van der Waals surface area contributed by atoms with Crippen molar-refractivity contribution in [2.24, 2.45) is 0 Å². The van der Waals surface area contributed by atoms with Crippen molar-refractivity contribution in [2.75, 3.05) is 16.0 Å². The van der Waals surface area contributed by atoms with E-state index in [0.717, 1.165) is 4.43 Å². The summed E-state index contributed by atoms with van der Waals surface area (Å²) in [4.78, 5) is 2.15. The van der Waals surface area contributed by atoms with Gasteiger partial charge in [0.05, 0.1) is 0 Å². The molecule has 1 aliphatic rings. The van der Waals surface area contributed by atoms with Crippen LogP contribution in [0.4, 0.5) is 0 Å². The molecule has 0 amide bonds. The first kappa shape index (κ1) is 9.70. The number of aliphatic hydroxyl groups is 2. The summed E-state index contributed by atoms with van der Waals surface area (Å²) in [6.07, 6.45) is -0.746. The van der Waals surface area contributed by atoms with Crippen LogP contribution in [0.5, 0.6) is 0 Å². The van der Waals surface area contributed by atoms with Gasteiger partial charge in [0.2, 0.25) is 0 Å². The Morgan fingerprint density at radius 3 is 2.91 bits per heavy atom. The van der Waals surface area contributed by atoms with Gasteiger partial charge < -0.3 is 0 Å². The molecule has 1 rings (SSSR count). The van der Waals surface area contributed by atoms with E-state index >= 15 is 0 Å². The molecule has 1 fully saturated rings. The Morgan fingerprint density at radius 2 is 2.27 bits per heavy atom. The zero-order chi connectivity index (χ0) is 8.27. The fourth-order valence-electron chi connectivity index (χ4n) is 1.15. The Balaban J connectivity index is 2.38. The van der Waals surface area contributed by atoms with Crippen molar-refractivity contribution >= 4 is 0 Å². The first-order valence-electron chi connectivity index (χ1n) is 3.67. The summed E-state index contributed by atoms with van der Waals surface area (Å²) in [5.41, 5.74) is 0. The number of ether oxygens (including phenoxy) is 1. The topological polar surface area (TPSA) is 49.7 Å². The van der Waals surface area contributed by atoms with Crippen molar-refractivity contribution in [2.45, 2.75) is 24.7 Å². The normalized spacial score (nSPS) is 39.4. The summed E-state index contributed by atoms with van der Waals surface area (Å²) in [5.74, 6) is 0. The van der Waals surface area contributed by atoms with Crippen LogP contribution in [-0.2, 0) is 4.74 Å². The van der Waals surface area contributed by atoms with Crippen LogP contribution in [0.2, 0.25) is 0 Å². The molecule has 3 nitrogen and oxygen atoms in total. The van der Waals surface area contributed by atoms with Crippen LogP contribution < -0.4 is 21.2 Å². The number of hydrogen-bond donors (Lipinski definition) is 2. The van der Waals surface area contributed by atoms with Gasteiger partial charge in [0.15, 0.2) is 0 Å². The molecule has 3 atom stereocenters.